The molecule has 4 heteroatoms. The molecule has 2 N–H and O–H groups in total. The van der Waals surface area contributed by atoms with Gasteiger partial charge in [-0.25, -0.2) is 4.98 Å². The molecule has 1 aromatic heterocycles. The van der Waals surface area contributed by atoms with Gasteiger partial charge in [-0.1, -0.05) is 6.42 Å². The van der Waals surface area contributed by atoms with Crippen LogP contribution in [0, 0.1) is 11.8 Å². The van der Waals surface area contributed by atoms with Crippen molar-refractivity contribution in [2.75, 3.05) is 13.1 Å². The van der Waals surface area contributed by atoms with E-state index in [1.807, 2.05) is 6.20 Å². The van der Waals surface area contributed by atoms with E-state index in [0.29, 0.717) is 6.04 Å². The van der Waals surface area contributed by atoms with Crippen molar-refractivity contribution >= 4 is 0 Å². The monoisotopic (exact) mass is 248 g/mol. The normalized spacial score (nSPS) is 32.7. The Balaban J connectivity index is 1.65. The Labute approximate surface area is 109 Å². The molecule has 18 heavy (non-hydrogen) atoms. The highest BCUT2D eigenvalue weighted by atomic mass is 15.2. The summed E-state index contributed by atoms with van der Waals surface area (Å²) < 4.78 is 2.24. The summed E-state index contributed by atoms with van der Waals surface area (Å²) in [6.07, 6.45) is 7.90. The van der Waals surface area contributed by atoms with E-state index in [9.17, 15) is 0 Å². The standard InChI is InChI=1S/C14H24N4/c1-2-18-7-6-16-14(18)10-17-8-11-4-3-5-13(15)12(11)9-17/h6-7,11-13H,2-5,8-10,15H2,1H3. The molecular formula is C14H24N4. The molecule has 2 aliphatic rings. The first-order valence-electron chi connectivity index (χ1n) is 7.26. The van der Waals surface area contributed by atoms with Gasteiger partial charge in [0.1, 0.15) is 5.82 Å². The number of aromatic nitrogens is 2. The van der Waals surface area contributed by atoms with Crippen LogP contribution in [0.25, 0.3) is 0 Å². The molecule has 0 spiro atoms. The second-order valence-electron chi connectivity index (χ2n) is 5.84. The third-order valence-corrected chi connectivity index (χ3v) is 4.74. The van der Waals surface area contributed by atoms with E-state index in [2.05, 4.69) is 27.6 Å². The van der Waals surface area contributed by atoms with E-state index in [1.54, 1.807) is 0 Å². The molecule has 2 fully saturated rings. The first kappa shape index (κ1) is 12.2. The molecule has 1 aliphatic heterocycles. The van der Waals surface area contributed by atoms with E-state index >= 15 is 0 Å². The maximum atomic E-state index is 6.26. The number of nitrogens with zero attached hydrogens (tertiary/aromatic N) is 3. The fourth-order valence-electron chi connectivity index (χ4n) is 3.72. The maximum absolute atomic E-state index is 6.26. The zero-order valence-electron chi connectivity index (χ0n) is 11.3. The predicted octanol–water partition coefficient (Wildman–Crippen LogP) is 1.46. The van der Waals surface area contributed by atoms with Gasteiger partial charge in [-0.15, -0.1) is 0 Å². The Kier molecular flexibility index (Phi) is 3.39. The lowest BCUT2D eigenvalue weighted by atomic mass is 9.78. The molecule has 0 aromatic carbocycles. The quantitative estimate of drug-likeness (QED) is 0.881. The van der Waals surface area contributed by atoms with Crippen LogP contribution in [0.5, 0.6) is 0 Å². The first-order chi connectivity index (χ1) is 8.78. The lowest BCUT2D eigenvalue weighted by Gasteiger charge is -2.29. The smallest absolute Gasteiger partial charge is 0.122 e. The molecule has 3 rings (SSSR count). The molecular weight excluding hydrogens is 224 g/mol. The Bertz CT molecular complexity index is 400. The average Bonchev–Trinajstić information content (AvgIpc) is 2.96. The van der Waals surface area contributed by atoms with Crippen LogP contribution in [0.3, 0.4) is 0 Å². The molecule has 2 heterocycles. The van der Waals surface area contributed by atoms with Crippen LogP contribution in [0.15, 0.2) is 12.4 Å². The molecule has 1 saturated carbocycles. The largest absolute Gasteiger partial charge is 0.334 e. The maximum Gasteiger partial charge on any atom is 0.122 e. The van der Waals surface area contributed by atoms with Gasteiger partial charge in [-0.3, -0.25) is 4.90 Å². The lowest BCUT2D eigenvalue weighted by molar-refractivity contribution is 0.259. The molecule has 1 saturated heterocycles. The molecule has 0 bridgehead atoms. The van der Waals surface area contributed by atoms with Crippen molar-refractivity contribution in [2.45, 2.75) is 45.3 Å². The van der Waals surface area contributed by atoms with E-state index in [-0.39, 0.29) is 0 Å². The first-order valence-corrected chi connectivity index (χ1v) is 7.26. The number of aryl methyl sites for hydroxylation is 1. The molecule has 4 nitrogen and oxygen atoms in total. The zero-order chi connectivity index (χ0) is 12.5. The minimum absolute atomic E-state index is 0.430. The van der Waals surface area contributed by atoms with Crippen molar-refractivity contribution in [3.05, 3.63) is 18.2 Å². The summed E-state index contributed by atoms with van der Waals surface area (Å²) in [4.78, 5) is 7.03. The van der Waals surface area contributed by atoms with Crippen molar-refractivity contribution in [3.63, 3.8) is 0 Å². The summed E-state index contributed by atoms with van der Waals surface area (Å²) in [7, 11) is 0. The summed E-state index contributed by atoms with van der Waals surface area (Å²) in [5.41, 5.74) is 6.26. The number of imidazole rings is 1. The van der Waals surface area contributed by atoms with Crippen molar-refractivity contribution in [2.24, 2.45) is 17.6 Å². The van der Waals surface area contributed by atoms with Crippen LogP contribution in [-0.2, 0) is 13.1 Å². The van der Waals surface area contributed by atoms with E-state index in [1.165, 1.54) is 38.2 Å². The highest BCUT2D eigenvalue weighted by Crippen LogP contribution is 2.35. The molecule has 0 radical (unpaired) electrons. The molecule has 1 aliphatic carbocycles. The van der Waals surface area contributed by atoms with Crippen LogP contribution >= 0.6 is 0 Å². The third kappa shape index (κ3) is 2.19. The van der Waals surface area contributed by atoms with Gasteiger partial charge >= 0.3 is 0 Å². The number of hydrogen-bond acceptors (Lipinski definition) is 3. The van der Waals surface area contributed by atoms with Gasteiger partial charge in [-0.2, -0.15) is 0 Å². The van der Waals surface area contributed by atoms with Crippen LogP contribution in [-0.4, -0.2) is 33.6 Å². The second-order valence-corrected chi connectivity index (χ2v) is 5.84. The number of fused-ring (bicyclic) bond motifs is 1. The Morgan fingerprint density at radius 3 is 3.06 bits per heavy atom. The summed E-state index contributed by atoms with van der Waals surface area (Å²) >= 11 is 0. The van der Waals surface area contributed by atoms with E-state index < -0.39 is 0 Å². The summed E-state index contributed by atoms with van der Waals surface area (Å²) in [6, 6.07) is 0.430. The number of likely N-dealkylation sites (tertiary alicyclic amines) is 1. The van der Waals surface area contributed by atoms with Gasteiger partial charge in [0.05, 0.1) is 6.54 Å². The average molecular weight is 248 g/mol. The van der Waals surface area contributed by atoms with Gasteiger partial charge in [-0.05, 0) is 31.6 Å². The van der Waals surface area contributed by atoms with Gasteiger partial charge in [0.2, 0.25) is 0 Å². The number of rotatable bonds is 3. The van der Waals surface area contributed by atoms with Crippen molar-refractivity contribution in [1.29, 1.82) is 0 Å². The van der Waals surface area contributed by atoms with Crippen LogP contribution in [0.1, 0.15) is 32.0 Å². The van der Waals surface area contributed by atoms with Gasteiger partial charge in [0.15, 0.2) is 0 Å². The lowest BCUT2D eigenvalue weighted by Crippen LogP contribution is -2.38. The topological polar surface area (TPSA) is 47.1 Å². The summed E-state index contributed by atoms with van der Waals surface area (Å²) in [6.45, 7) is 6.55. The number of nitrogens with two attached hydrogens (primary N) is 1. The fraction of sp³-hybridized carbons (Fsp3) is 0.786. The van der Waals surface area contributed by atoms with Crippen LogP contribution < -0.4 is 5.73 Å². The number of hydrogen-bond donors (Lipinski definition) is 1. The molecule has 0 amide bonds. The minimum atomic E-state index is 0.430. The van der Waals surface area contributed by atoms with Gasteiger partial charge in [0, 0.05) is 38.1 Å². The predicted molar refractivity (Wildman–Crippen MR) is 72.0 cm³/mol. The molecule has 100 valence electrons. The Morgan fingerprint density at radius 1 is 1.39 bits per heavy atom. The summed E-state index contributed by atoms with van der Waals surface area (Å²) in [5, 5.41) is 0. The SMILES string of the molecule is CCn1ccnc1CN1CC2CCCC(N)C2C1. The Hall–Kier alpha value is -0.870. The van der Waals surface area contributed by atoms with Crippen molar-refractivity contribution < 1.29 is 0 Å². The highest BCUT2D eigenvalue weighted by Gasteiger charge is 2.38. The highest BCUT2D eigenvalue weighted by molar-refractivity contribution is 4.97. The van der Waals surface area contributed by atoms with Gasteiger partial charge < -0.3 is 10.3 Å². The van der Waals surface area contributed by atoms with Crippen molar-refractivity contribution in [1.82, 2.24) is 14.5 Å². The van der Waals surface area contributed by atoms with E-state index in [0.717, 1.165) is 24.9 Å². The molecule has 1 aromatic rings. The van der Waals surface area contributed by atoms with Gasteiger partial charge in [0.25, 0.3) is 0 Å². The van der Waals surface area contributed by atoms with Crippen molar-refractivity contribution in [3.8, 4) is 0 Å². The summed E-state index contributed by atoms with van der Waals surface area (Å²) in [5.74, 6) is 2.76. The van der Waals surface area contributed by atoms with E-state index in [4.69, 9.17) is 5.73 Å². The minimum Gasteiger partial charge on any atom is -0.334 e. The third-order valence-electron chi connectivity index (χ3n) is 4.74. The fourth-order valence-corrected chi connectivity index (χ4v) is 3.72. The zero-order valence-corrected chi connectivity index (χ0v) is 11.3. The second kappa shape index (κ2) is 5.02. The molecule has 3 atom stereocenters. The van der Waals surface area contributed by atoms with Crippen LogP contribution in [0.4, 0.5) is 0 Å². The Morgan fingerprint density at radius 2 is 2.28 bits per heavy atom. The van der Waals surface area contributed by atoms with Crippen LogP contribution in [0.2, 0.25) is 0 Å². The molecule has 3 unspecified atom stereocenters.